The van der Waals surface area contributed by atoms with Crippen LogP contribution in [0.2, 0.25) is 0 Å². The Balaban J connectivity index is 2.96. The summed E-state index contributed by atoms with van der Waals surface area (Å²) in [7, 11) is -2.40. The molecule has 4 heteroatoms. The van der Waals surface area contributed by atoms with Crippen molar-refractivity contribution < 1.29 is 8.42 Å². The zero-order valence-corrected chi connectivity index (χ0v) is 7.12. The second-order valence-electron chi connectivity index (χ2n) is 2.30. The number of benzene rings is 1. The van der Waals surface area contributed by atoms with Gasteiger partial charge in [-0.1, -0.05) is 12.1 Å². The zero-order valence-electron chi connectivity index (χ0n) is 6.23. The van der Waals surface area contributed by atoms with E-state index in [0.29, 0.717) is 11.1 Å². The Kier molecular flexibility index (Phi) is 2.83. The van der Waals surface area contributed by atoms with Crippen LogP contribution in [0.4, 0.5) is 0 Å². The van der Waals surface area contributed by atoms with Crippen molar-refractivity contribution in [3.8, 4) is 6.07 Å². The fraction of sp³-hybridized carbons (Fsp3) is 0.125. The molecule has 12 heavy (non-hydrogen) atoms. The Morgan fingerprint density at radius 2 is 2.17 bits per heavy atom. The molecular formula is C8H7NO2S. The van der Waals surface area contributed by atoms with Gasteiger partial charge in [-0.15, -0.1) is 0 Å². The molecule has 0 radical (unpaired) electrons. The quantitative estimate of drug-likeness (QED) is 0.682. The highest BCUT2D eigenvalue weighted by Gasteiger charge is 1.95. The summed E-state index contributed by atoms with van der Waals surface area (Å²) < 4.78 is 20.6. The Labute approximate surface area is 72.2 Å². The Bertz CT molecular complexity index is 382. The summed E-state index contributed by atoms with van der Waals surface area (Å²) in [6.07, 6.45) is 0. The van der Waals surface area contributed by atoms with Crippen LogP contribution in [0.1, 0.15) is 11.1 Å². The number of hydrogen-bond acceptors (Lipinski definition) is 3. The van der Waals surface area contributed by atoms with E-state index in [1.54, 1.807) is 24.3 Å². The van der Waals surface area contributed by atoms with Gasteiger partial charge in [0.15, 0.2) is 0 Å². The molecule has 0 bridgehead atoms. The highest BCUT2D eigenvalue weighted by atomic mass is 32.2. The van der Waals surface area contributed by atoms with Crippen molar-refractivity contribution in [3.05, 3.63) is 35.4 Å². The predicted molar refractivity (Wildman–Crippen MR) is 45.2 cm³/mol. The van der Waals surface area contributed by atoms with Gasteiger partial charge in [0.25, 0.3) is 0 Å². The minimum atomic E-state index is -2.40. The van der Waals surface area contributed by atoms with E-state index in [1.807, 2.05) is 6.07 Å². The Morgan fingerprint density at radius 3 is 2.75 bits per heavy atom. The number of rotatable bonds is 2. The van der Waals surface area contributed by atoms with Crippen molar-refractivity contribution in [2.75, 3.05) is 0 Å². The third kappa shape index (κ3) is 2.36. The lowest BCUT2D eigenvalue weighted by molar-refractivity contribution is 0.614. The second-order valence-corrected chi connectivity index (χ2v) is 3.28. The van der Waals surface area contributed by atoms with Crippen LogP contribution < -0.4 is 0 Å². The van der Waals surface area contributed by atoms with Crippen molar-refractivity contribution >= 4 is 10.7 Å². The zero-order chi connectivity index (χ0) is 8.97. The van der Waals surface area contributed by atoms with Gasteiger partial charge in [-0.25, -0.2) is 8.42 Å². The van der Waals surface area contributed by atoms with Crippen LogP contribution in [0.25, 0.3) is 0 Å². The van der Waals surface area contributed by atoms with E-state index in [1.165, 1.54) is 0 Å². The van der Waals surface area contributed by atoms with E-state index in [0.717, 1.165) is 0 Å². The first-order chi connectivity index (χ1) is 5.72. The lowest BCUT2D eigenvalue weighted by atomic mass is 10.2. The summed E-state index contributed by atoms with van der Waals surface area (Å²) in [5, 5.41) is 8.50. The summed E-state index contributed by atoms with van der Waals surface area (Å²) >= 11 is 0. The molecule has 0 unspecified atom stereocenters. The van der Waals surface area contributed by atoms with Gasteiger partial charge < -0.3 is 0 Å². The molecule has 1 aromatic rings. The minimum absolute atomic E-state index is 0.00481. The number of hydrogen-bond donors (Lipinski definition) is 1. The first kappa shape index (κ1) is 8.75. The average Bonchev–Trinajstić information content (AvgIpc) is 2.03. The van der Waals surface area contributed by atoms with Crippen LogP contribution in [0.5, 0.6) is 0 Å². The second kappa shape index (κ2) is 3.88. The van der Waals surface area contributed by atoms with E-state index in [-0.39, 0.29) is 5.75 Å². The molecule has 62 valence electrons. The van der Waals surface area contributed by atoms with E-state index in [4.69, 9.17) is 5.26 Å². The van der Waals surface area contributed by atoms with Crippen LogP contribution in [-0.4, -0.2) is 8.42 Å². The molecule has 3 nitrogen and oxygen atoms in total. The van der Waals surface area contributed by atoms with Crippen LogP contribution in [0.3, 0.4) is 0 Å². The largest absolute Gasteiger partial charge is 0.232 e. The monoisotopic (exact) mass is 181 g/mol. The molecule has 1 aromatic carbocycles. The molecule has 0 aliphatic heterocycles. The first-order valence-electron chi connectivity index (χ1n) is 3.33. The maximum Gasteiger partial charge on any atom is 0.144 e. The summed E-state index contributed by atoms with van der Waals surface area (Å²) in [6.45, 7) is 0. The van der Waals surface area contributed by atoms with Crippen LogP contribution in [-0.2, 0) is 16.5 Å². The van der Waals surface area contributed by atoms with E-state index >= 15 is 0 Å². The van der Waals surface area contributed by atoms with E-state index in [2.05, 4.69) is 0 Å². The van der Waals surface area contributed by atoms with Gasteiger partial charge in [0.1, 0.15) is 10.7 Å². The molecule has 0 aliphatic rings. The number of nitrogens with zero attached hydrogens (tertiary/aromatic N) is 1. The smallest absolute Gasteiger partial charge is 0.144 e. The van der Waals surface area contributed by atoms with Gasteiger partial charge in [0.2, 0.25) is 0 Å². The topological polar surface area (TPSA) is 57.9 Å². The van der Waals surface area contributed by atoms with Crippen LogP contribution >= 0.6 is 0 Å². The molecule has 0 heterocycles. The standard InChI is InChI=1S/C8H7NO2S/c9-5-7-2-1-3-8(4-7)6-12(10)11/h1-4,12H,6H2. The molecule has 1 rings (SSSR count). The van der Waals surface area contributed by atoms with Gasteiger partial charge in [-0.3, -0.25) is 0 Å². The normalized spacial score (nSPS) is 9.67. The van der Waals surface area contributed by atoms with Crippen molar-refractivity contribution in [2.45, 2.75) is 5.75 Å². The highest BCUT2D eigenvalue weighted by Crippen LogP contribution is 2.04. The molecule has 0 atom stereocenters. The van der Waals surface area contributed by atoms with Gasteiger partial charge in [-0.2, -0.15) is 5.26 Å². The third-order valence-electron chi connectivity index (χ3n) is 1.37. The van der Waals surface area contributed by atoms with Gasteiger partial charge in [-0.05, 0) is 17.7 Å². The lowest BCUT2D eigenvalue weighted by Crippen LogP contribution is -1.86. The summed E-state index contributed by atoms with van der Waals surface area (Å²) in [4.78, 5) is 0. The molecule has 0 N–H and O–H groups in total. The third-order valence-corrected chi connectivity index (χ3v) is 1.99. The first-order valence-corrected chi connectivity index (χ1v) is 4.69. The number of thiol groups is 1. The lowest BCUT2D eigenvalue weighted by Gasteiger charge is -1.93. The van der Waals surface area contributed by atoms with Crippen molar-refractivity contribution in [1.82, 2.24) is 0 Å². The Hall–Kier alpha value is -1.34. The average molecular weight is 181 g/mol. The molecule has 0 saturated carbocycles. The molecular weight excluding hydrogens is 174 g/mol. The van der Waals surface area contributed by atoms with Crippen molar-refractivity contribution in [3.63, 3.8) is 0 Å². The van der Waals surface area contributed by atoms with Crippen molar-refractivity contribution in [1.29, 1.82) is 5.26 Å². The number of nitriles is 1. The SMILES string of the molecule is N#Cc1cccc(C[SH](=O)=O)c1. The van der Waals surface area contributed by atoms with Gasteiger partial charge in [0.05, 0.1) is 17.4 Å². The molecule has 0 aliphatic carbocycles. The van der Waals surface area contributed by atoms with Crippen molar-refractivity contribution in [2.24, 2.45) is 0 Å². The summed E-state index contributed by atoms with van der Waals surface area (Å²) in [5.74, 6) is 0.00481. The molecule has 0 aromatic heterocycles. The minimum Gasteiger partial charge on any atom is -0.232 e. The maximum atomic E-state index is 10.3. The molecule has 0 spiro atoms. The molecule has 0 amide bonds. The van der Waals surface area contributed by atoms with Gasteiger partial charge in [0, 0.05) is 0 Å². The highest BCUT2D eigenvalue weighted by molar-refractivity contribution is 7.71. The van der Waals surface area contributed by atoms with Gasteiger partial charge >= 0.3 is 0 Å². The van der Waals surface area contributed by atoms with Crippen LogP contribution in [0.15, 0.2) is 24.3 Å². The maximum absolute atomic E-state index is 10.3. The summed E-state index contributed by atoms with van der Waals surface area (Å²) in [5.41, 5.74) is 1.15. The molecule has 0 fully saturated rings. The van der Waals surface area contributed by atoms with E-state index in [9.17, 15) is 8.42 Å². The Morgan fingerprint density at radius 1 is 1.42 bits per heavy atom. The fourth-order valence-corrected chi connectivity index (χ4v) is 1.38. The van der Waals surface area contributed by atoms with E-state index < -0.39 is 10.7 Å². The predicted octanol–water partition coefficient (Wildman–Crippen LogP) is 0.670. The molecule has 0 saturated heterocycles. The fourth-order valence-electron chi connectivity index (χ4n) is 0.888. The summed E-state index contributed by atoms with van der Waals surface area (Å²) in [6, 6.07) is 8.52. The van der Waals surface area contributed by atoms with Crippen LogP contribution in [0, 0.1) is 11.3 Å².